The highest BCUT2D eigenvalue weighted by Crippen LogP contribution is 2.51. The number of hydrogen-bond acceptors (Lipinski definition) is 0. The average Bonchev–Trinajstić information content (AvgIpc) is 2.33. The van der Waals surface area contributed by atoms with Crippen molar-refractivity contribution in [2.24, 2.45) is 23.2 Å². The minimum atomic E-state index is 0.633. The minimum absolute atomic E-state index is 0.633. The molecule has 1 saturated carbocycles. The van der Waals surface area contributed by atoms with Gasteiger partial charge in [0.05, 0.1) is 0 Å². The van der Waals surface area contributed by atoms with Gasteiger partial charge in [-0.25, -0.2) is 0 Å². The lowest BCUT2D eigenvalue weighted by molar-refractivity contribution is 0.0253. The second kappa shape index (κ2) is 6.61. The highest BCUT2D eigenvalue weighted by Gasteiger charge is 2.41. The van der Waals surface area contributed by atoms with E-state index in [-0.39, 0.29) is 0 Å². The fourth-order valence-corrected chi connectivity index (χ4v) is 3.32. The normalized spacial score (nSPS) is 31.6. The molecule has 0 aromatic rings. The van der Waals surface area contributed by atoms with Gasteiger partial charge in [-0.3, -0.25) is 0 Å². The lowest BCUT2D eigenvalue weighted by atomic mass is 9.57. The van der Waals surface area contributed by atoms with Crippen molar-refractivity contribution in [1.82, 2.24) is 0 Å². The Hall–Kier alpha value is -0.260. The highest BCUT2D eigenvalue weighted by atomic mass is 14.5. The van der Waals surface area contributed by atoms with Gasteiger partial charge >= 0.3 is 0 Å². The third-order valence-electron chi connectivity index (χ3n) is 5.35. The molecule has 4 atom stereocenters. The summed E-state index contributed by atoms with van der Waals surface area (Å²) in [7, 11) is 0. The monoisotopic (exact) mass is 236 g/mol. The van der Waals surface area contributed by atoms with Gasteiger partial charge in [0, 0.05) is 0 Å². The summed E-state index contributed by atoms with van der Waals surface area (Å²) in [6, 6.07) is 0. The van der Waals surface area contributed by atoms with Gasteiger partial charge in [-0.15, -0.1) is 6.58 Å². The van der Waals surface area contributed by atoms with Crippen LogP contribution < -0.4 is 0 Å². The molecule has 0 saturated heterocycles. The Bertz CT molecular complexity index is 230. The van der Waals surface area contributed by atoms with Crippen LogP contribution in [0.2, 0.25) is 0 Å². The summed E-state index contributed by atoms with van der Waals surface area (Å²) in [5.41, 5.74) is 0.633. The van der Waals surface area contributed by atoms with Gasteiger partial charge in [-0.1, -0.05) is 53.0 Å². The van der Waals surface area contributed by atoms with Gasteiger partial charge in [0.15, 0.2) is 0 Å². The second-order valence-corrected chi connectivity index (χ2v) is 6.70. The SMILES string of the molecule is C=CCC(CC1(C)CCC1C)C(C)CCCC. The Morgan fingerprint density at radius 1 is 1.47 bits per heavy atom. The maximum Gasteiger partial charge on any atom is -0.0297 e. The molecule has 0 spiro atoms. The van der Waals surface area contributed by atoms with E-state index in [1.807, 2.05) is 0 Å². The van der Waals surface area contributed by atoms with E-state index in [4.69, 9.17) is 0 Å². The van der Waals surface area contributed by atoms with Crippen LogP contribution in [0.1, 0.15) is 72.6 Å². The van der Waals surface area contributed by atoms with Gasteiger partial charge in [0.1, 0.15) is 0 Å². The van der Waals surface area contributed by atoms with E-state index in [2.05, 4.69) is 40.3 Å². The van der Waals surface area contributed by atoms with Crippen LogP contribution in [0.4, 0.5) is 0 Å². The predicted octanol–water partition coefficient (Wildman–Crippen LogP) is 5.83. The number of allylic oxidation sites excluding steroid dienone is 1. The highest BCUT2D eigenvalue weighted by molar-refractivity contribution is 4.93. The summed E-state index contributed by atoms with van der Waals surface area (Å²) >= 11 is 0. The quantitative estimate of drug-likeness (QED) is 0.465. The van der Waals surface area contributed by atoms with Gasteiger partial charge in [-0.2, -0.15) is 0 Å². The number of hydrogen-bond donors (Lipinski definition) is 0. The van der Waals surface area contributed by atoms with Crippen molar-refractivity contribution in [1.29, 1.82) is 0 Å². The average molecular weight is 236 g/mol. The Labute approximate surface area is 109 Å². The van der Waals surface area contributed by atoms with Gasteiger partial charge in [0.2, 0.25) is 0 Å². The van der Waals surface area contributed by atoms with Gasteiger partial charge in [-0.05, 0) is 48.9 Å². The molecule has 0 nitrogen and oxygen atoms in total. The lowest BCUT2D eigenvalue weighted by Gasteiger charge is -2.48. The summed E-state index contributed by atoms with van der Waals surface area (Å²) in [4.78, 5) is 0. The molecule has 0 aliphatic heterocycles. The first-order chi connectivity index (χ1) is 8.03. The van der Waals surface area contributed by atoms with Gasteiger partial charge < -0.3 is 0 Å². The number of unbranched alkanes of at least 4 members (excludes halogenated alkanes) is 1. The van der Waals surface area contributed by atoms with Crippen molar-refractivity contribution in [2.75, 3.05) is 0 Å². The van der Waals surface area contributed by atoms with Crippen LogP contribution in [-0.4, -0.2) is 0 Å². The van der Waals surface area contributed by atoms with Crippen LogP contribution in [0.15, 0.2) is 12.7 Å². The molecule has 4 unspecified atom stereocenters. The van der Waals surface area contributed by atoms with Crippen LogP contribution in [0, 0.1) is 23.2 Å². The van der Waals surface area contributed by atoms with E-state index in [0.29, 0.717) is 5.41 Å². The Morgan fingerprint density at radius 2 is 2.18 bits per heavy atom. The smallest absolute Gasteiger partial charge is 0.0297 e. The molecule has 0 heteroatoms. The zero-order valence-corrected chi connectivity index (χ0v) is 12.5. The molecule has 100 valence electrons. The van der Waals surface area contributed by atoms with Crippen molar-refractivity contribution < 1.29 is 0 Å². The standard InChI is InChI=1S/C17H32/c1-6-8-10-14(3)16(9-7-2)13-17(5)12-11-15(17)4/h7,14-16H,2,6,8-13H2,1,3-5H3. The van der Waals surface area contributed by atoms with Crippen molar-refractivity contribution in [3.8, 4) is 0 Å². The molecular formula is C17H32. The largest absolute Gasteiger partial charge is 0.103 e. The maximum absolute atomic E-state index is 3.96. The van der Waals surface area contributed by atoms with Crippen molar-refractivity contribution in [2.45, 2.75) is 72.6 Å². The Morgan fingerprint density at radius 3 is 2.59 bits per heavy atom. The van der Waals surface area contributed by atoms with Crippen molar-refractivity contribution >= 4 is 0 Å². The van der Waals surface area contributed by atoms with Crippen LogP contribution in [-0.2, 0) is 0 Å². The van der Waals surface area contributed by atoms with Crippen molar-refractivity contribution in [3.05, 3.63) is 12.7 Å². The first-order valence-electron chi connectivity index (χ1n) is 7.64. The molecule has 0 heterocycles. The van der Waals surface area contributed by atoms with E-state index < -0.39 is 0 Å². The molecule has 1 rings (SSSR count). The third-order valence-corrected chi connectivity index (χ3v) is 5.35. The summed E-state index contributed by atoms with van der Waals surface area (Å²) in [5.74, 6) is 2.68. The van der Waals surface area contributed by atoms with Crippen LogP contribution in [0.3, 0.4) is 0 Å². The fourth-order valence-electron chi connectivity index (χ4n) is 3.32. The fraction of sp³-hybridized carbons (Fsp3) is 0.882. The van der Waals surface area contributed by atoms with E-state index in [0.717, 1.165) is 17.8 Å². The van der Waals surface area contributed by atoms with E-state index in [1.165, 1.54) is 44.9 Å². The first-order valence-corrected chi connectivity index (χ1v) is 7.64. The summed E-state index contributed by atoms with van der Waals surface area (Å²) in [6.45, 7) is 13.6. The van der Waals surface area contributed by atoms with Crippen LogP contribution in [0.5, 0.6) is 0 Å². The molecule has 1 aliphatic rings. The number of rotatable bonds is 8. The van der Waals surface area contributed by atoms with Crippen molar-refractivity contribution in [3.63, 3.8) is 0 Å². The Balaban J connectivity index is 2.50. The van der Waals surface area contributed by atoms with Crippen LogP contribution >= 0.6 is 0 Å². The predicted molar refractivity (Wildman–Crippen MR) is 78.1 cm³/mol. The molecule has 0 aromatic heterocycles. The molecule has 1 aliphatic carbocycles. The second-order valence-electron chi connectivity index (χ2n) is 6.70. The van der Waals surface area contributed by atoms with E-state index >= 15 is 0 Å². The molecular weight excluding hydrogens is 204 g/mol. The zero-order valence-electron chi connectivity index (χ0n) is 12.5. The summed E-state index contributed by atoms with van der Waals surface area (Å²) in [5, 5.41) is 0. The first kappa shape index (κ1) is 14.8. The molecule has 0 aromatic carbocycles. The zero-order chi connectivity index (χ0) is 12.9. The van der Waals surface area contributed by atoms with Crippen LogP contribution in [0.25, 0.3) is 0 Å². The van der Waals surface area contributed by atoms with Gasteiger partial charge in [0.25, 0.3) is 0 Å². The minimum Gasteiger partial charge on any atom is -0.103 e. The summed E-state index contributed by atoms with van der Waals surface area (Å²) in [6.07, 6.45) is 11.8. The van der Waals surface area contributed by atoms with E-state index in [9.17, 15) is 0 Å². The molecule has 0 radical (unpaired) electrons. The third kappa shape index (κ3) is 3.86. The van der Waals surface area contributed by atoms with E-state index in [1.54, 1.807) is 0 Å². The molecule has 1 fully saturated rings. The lowest BCUT2D eigenvalue weighted by Crippen LogP contribution is -2.38. The molecule has 17 heavy (non-hydrogen) atoms. The Kier molecular flexibility index (Phi) is 5.76. The topological polar surface area (TPSA) is 0 Å². The maximum atomic E-state index is 3.96. The summed E-state index contributed by atoms with van der Waals surface area (Å²) < 4.78 is 0. The molecule has 0 N–H and O–H groups in total. The molecule has 0 bridgehead atoms. The molecule has 0 amide bonds.